The third kappa shape index (κ3) is 7.85. The fourth-order valence-electron chi connectivity index (χ4n) is 0.837. The number of hydrogen-bond acceptors (Lipinski definition) is 5. The van der Waals surface area contributed by atoms with E-state index in [-0.39, 0.29) is 13.0 Å². The molecular weight excluding hydrogens is 226 g/mol. The van der Waals surface area contributed by atoms with Gasteiger partial charge in [0.1, 0.15) is 0 Å². The molecule has 0 aliphatic carbocycles. The molecule has 2 amide bonds. The van der Waals surface area contributed by atoms with E-state index >= 15 is 0 Å². The van der Waals surface area contributed by atoms with Gasteiger partial charge in [-0.3, -0.25) is 14.1 Å². The molecule has 0 aromatic heterocycles. The zero-order valence-electron chi connectivity index (χ0n) is 7.84. The summed E-state index contributed by atoms with van der Waals surface area (Å²) in [5.74, 6) is -2.13. The summed E-state index contributed by atoms with van der Waals surface area (Å²) in [7, 11) is -4.10. The molecule has 8 nitrogen and oxygen atoms in total. The van der Waals surface area contributed by atoms with Crippen LogP contribution >= 0.6 is 0 Å². The first-order valence-corrected chi connectivity index (χ1v) is 5.59. The monoisotopic (exact) mass is 239 g/mol. The van der Waals surface area contributed by atoms with Gasteiger partial charge in [-0.15, -0.1) is 0 Å². The van der Waals surface area contributed by atoms with E-state index in [0.717, 1.165) is 0 Å². The van der Waals surface area contributed by atoms with Crippen molar-refractivity contribution in [2.75, 3.05) is 12.3 Å². The zero-order valence-corrected chi connectivity index (χ0v) is 8.66. The summed E-state index contributed by atoms with van der Waals surface area (Å²) in [5, 5.41) is 2.39. The second-order valence-corrected chi connectivity index (χ2v) is 4.44. The lowest BCUT2D eigenvalue weighted by Gasteiger charge is -2.12. The van der Waals surface area contributed by atoms with Crippen molar-refractivity contribution < 1.29 is 22.6 Å². The molecule has 0 radical (unpaired) electrons. The van der Waals surface area contributed by atoms with E-state index < -0.39 is 33.7 Å². The van der Waals surface area contributed by atoms with Crippen molar-refractivity contribution in [2.45, 2.75) is 12.5 Å². The van der Waals surface area contributed by atoms with Gasteiger partial charge in [-0.05, 0) is 0 Å². The third-order valence-electron chi connectivity index (χ3n) is 1.50. The second-order valence-electron chi connectivity index (χ2n) is 2.87. The maximum Gasteiger partial charge on any atom is 0.266 e. The fourth-order valence-corrected chi connectivity index (χ4v) is 1.21. The van der Waals surface area contributed by atoms with Crippen LogP contribution in [0.25, 0.3) is 0 Å². The van der Waals surface area contributed by atoms with Crippen LogP contribution in [0.5, 0.6) is 0 Å². The average molecular weight is 239 g/mol. The van der Waals surface area contributed by atoms with Crippen molar-refractivity contribution in [1.82, 2.24) is 5.32 Å². The number of primary amides is 2. The van der Waals surface area contributed by atoms with Crippen molar-refractivity contribution in [3.05, 3.63) is 0 Å². The molecule has 15 heavy (non-hydrogen) atoms. The number of carbonyl (C=O) groups is 2. The molecule has 6 N–H and O–H groups in total. The standard InChI is InChI=1S/C6H13N3O5S/c7-5(10)3-4(6(8)11)9-1-2-15(12,13)14/h4,9H,1-3H2,(H2,7,10)(H2,8,11)(H,12,13,14). The lowest BCUT2D eigenvalue weighted by atomic mass is 10.2. The molecule has 0 saturated carbocycles. The number of rotatable bonds is 7. The van der Waals surface area contributed by atoms with E-state index in [1.165, 1.54) is 0 Å². The van der Waals surface area contributed by atoms with Crippen LogP contribution in [0.1, 0.15) is 6.42 Å². The van der Waals surface area contributed by atoms with Crippen LogP contribution in [0.15, 0.2) is 0 Å². The summed E-state index contributed by atoms with van der Waals surface area (Å²) >= 11 is 0. The molecule has 0 spiro atoms. The molecule has 1 unspecified atom stereocenters. The molecule has 0 saturated heterocycles. The third-order valence-corrected chi connectivity index (χ3v) is 2.22. The Bertz CT molecular complexity index is 339. The number of carbonyl (C=O) groups excluding carboxylic acids is 2. The summed E-state index contributed by atoms with van der Waals surface area (Å²) in [6.07, 6.45) is -0.319. The quantitative estimate of drug-likeness (QED) is 0.352. The highest BCUT2D eigenvalue weighted by Crippen LogP contribution is 1.90. The Morgan fingerprint density at radius 2 is 1.87 bits per heavy atom. The molecule has 0 aromatic rings. The lowest BCUT2D eigenvalue weighted by Crippen LogP contribution is -2.45. The van der Waals surface area contributed by atoms with Crippen LogP contribution < -0.4 is 16.8 Å². The van der Waals surface area contributed by atoms with Gasteiger partial charge in [-0.1, -0.05) is 0 Å². The minimum atomic E-state index is -4.10. The van der Waals surface area contributed by atoms with Crippen LogP contribution in [-0.4, -0.2) is 43.1 Å². The fraction of sp³-hybridized carbons (Fsp3) is 0.667. The number of hydrogen-bond donors (Lipinski definition) is 4. The smallest absolute Gasteiger partial charge is 0.266 e. The second kappa shape index (κ2) is 5.63. The van der Waals surface area contributed by atoms with Gasteiger partial charge >= 0.3 is 0 Å². The van der Waals surface area contributed by atoms with Gasteiger partial charge in [-0.25, -0.2) is 0 Å². The highest BCUT2D eigenvalue weighted by molar-refractivity contribution is 7.85. The molecule has 1 atom stereocenters. The summed E-state index contributed by atoms with van der Waals surface area (Å²) in [6.45, 7) is -0.195. The summed E-state index contributed by atoms with van der Waals surface area (Å²) < 4.78 is 29.0. The van der Waals surface area contributed by atoms with Gasteiger partial charge in [-0.2, -0.15) is 8.42 Å². The Hall–Kier alpha value is -1.19. The summed E-state index contributed by atoms with van der Waals surface area (Å²) in [4.78, 5) is 21.2. The highest BCUT2D eigenvalue weighted by Gasteiger charge is 2.17. The van der Waals surface area contributed by atoms with Gasteiger partial charge < -0.3 is 16.8 Å². The van der Waals surface area contributed by atoms with Crippen molar-refractivity contribution in [2.24, 2.45) is 11.5 Å². The molecule has 88 valence electrons. The Morgan fingerprint density at radius 3 is 2.20 bits per heavy atom. The van der Waals surface area contributed by atoms with Crippen LogP contribution in [-0.2, 0) is 19.7 Å². The predicted molar refractivity (Wildman–Crippen MR) is 51.2 cm³/mol. The van der Waals surface area contributed by atoms with E-state index in [2.05, 4.69) is 5.32 Å². The molecule has 0 rings (SSSR count). The Balaban J connectivity index is 4.09. The average Bonchev–Trinajstić information content (AvgIpc) is 1.99. The number of amides is 2. The molecule has 0 fully saturated rings. The summed E-state index contributed by atoms with van der Waals surface area (Å²) in [5.41, 5.74) is 9.75. The van der Waals surface area contributed by atoms with E-state index in [0.29, 0.717) is 0 Å². The van der Waals surface area contributed by atoms with Crippen molar-refractivity contribution in [3.63, 3.8) is 0 Å². The van der Waals surface area contributed by atoms with Gasteiger partial charge in [0.2, 0.25) is 11.8 Å². The summed E-state index contributed by atoms with van der Waals surface area (Å²) in [6, 6.07) is -1.02. The Kier molecular flexibility index (Phi) is 5.19. The Morgan fingerprint density at radius 1 is 1.33 bits per heavy atom. The first-order chi connectivity index (χ1) is 6.72. The highest BCUT2D eigenvalue weighted by atomic mass is 32.2. The first kappa shape index (κ1) is 13.8. The van der Waals surface area contributed by atoms with Crippen LogP contribution in [0.3, 0.4) is 0 Å². The molecule has 0 aliphatic rings. The molecular formula is C6H13N3O5S. The minimum Gasteiger partial charge on any atom is -0.370 e. The number of nitrogens with two attached hydrogens (primary N) is 2. The molecule has 9 heteroatoms. The largest absolute Gasteiger partial charge is 0.370 e. The number of nitrogens with one attached hydrogen (secondary N) is 1. The van der Waals surface area contributed by atoms with Gasteiger partial charge in [0, 0.05) is 6.54 Å². The maximum absolute atomic E-state index is 10.7. The van der Waals surface area contributed by atoms with Crippen molar-refractivity contribution >= 4 is 21.9 Å². The topological polar surface area (TPSA) is 153 Å². The van der Waals surface area contributed by atoms with E-state index in [9.17, 15) is 18.0 Å². The van der Waals surface area contributed by atoms with E-state index in [1.54, 1.807) is 0 Å². The zero-order chi connectivity index (χ0) is 12.1. The van der Waals surface area contributed by atoms with Gasteiger partial charge in [0.15, 0.2) is 0 Å². The van der Waals surface area contributed by atoms with Gasteiger partial charge in [0.05, 0.1) is 18.2 Å². The Labute approximate surface area is 86.7 Å². The molecule has 0 bridgehead atoms. The van der Waals surface area contributed by atoms with Gasteiger partial charge in [0.25, 0.3) is 10.1 Å². The SMILES string of the molecule is NC(=O)CC(NCCS(=O)(=O)O)C(N)=O. The van der Waals surface area contributed by atoms with Crippen molar-refractivity contribution in [3.8, 4) is 0 Å². The van der Waals surface area contributed by atoms with Crippen molar-refractivity contribution in [1.29, 1.82) is 0 Å². The van der Waals surface area contributed by atoms with Crippen LogP contribution in [0, 0.1) is 0 Å². The minimum absolute atomic E-state index is 0.195. The first-order valence-electron chi connectivity index (χ1n) is 3.98. The molecule has 0 aliphatic heterocycles. The van der Waals surface area contributed by atoms with Crippen LogP contribution in [0.4, 0.5) is 0 Å². The van der Waals surface area contributed by atoms with Crippen LogP contribution in [0.2, 0.25) is 0 Å². The molecule has 0 heterocycles. The predicted octanol–water partition coefficient (Wildman–Crippen LogP) is -2.81. The normalized spacial score (nSPS) is 13.4. The molecule has 0 aromatic carbocycles. The maximum atomic E-state index is 10.7. The lowest BCUT2D eigenvalue weighted by molar-refractivity contribution is -0.125. The van der Waals surface area contributed by atoms with E-state index in [1.807, 2.05) is 0 Å². The van der Waals surface area contributed by atoms with E-state index in [4.69, 9.17) is 16.0 Å².